The van der Waals surface area contributed by atoms with Gasteiger partial charge in [0.15, 0.2) is 5.96 Å². The molecule has 1 aliphatic rings. The summed E-state index contributed by atoms with van der Waals surface area (Å²) in [5, 5.41) is 3.23. The van der Waals surface area contributed by atoms with E-state index in [1.807, 2.05) is 6.07 Å². The Balaban J connectivity index is 0.00000338. The molecule has 0 bridgehead atoms. The lowest BCUT2D eigenvalue weighted by Crippen LogP contribution is -2.39. The number of hydrogen-bond donors (Lipinski definition) is 2. The number of rotatable bonds is 9. The summed E-state index contributed by atoms with van der Waals surface area (Å²) in [4.78, 5) is 9.18. The largest absolute Gasteiger partial charge is 0.379 e. The molecule has 0 radical (unpaired) electrons. The van der Waals surface area contributed by atoms with Gasteiger partial charge in [0.2, 0.25) is 0 Å². The fraction of sp³-hybridized carbons (Fsp3) is 0.632. The summed E-state index contributed by atoms with van der Waals surface area (Å²) in [5.41, 5.74) is 7.35. The molecule has 148 valence electrons. The zero-order chi connectivity index (χ0) is 17.9. The van der Waals surface area contributed by atoms with Crippen molar-refractivity contribution in [3.63, 3.8) is 0 Å². The Bertz CT molecular complexity index is 506. The molecule has 0 spiro atoms. The summed E-state index contributed by atoms with van der Waals surface area (Å²) in [6.07, 6.45) is 2.04. The number of ether oxygens (including phenoxy) is 1. The number of nitrogens with two attached hydrogens (primary N) is 1. The molecule has 1 aliphatic heterocycles. The first kappa shape index (κ1) is 23.1. The van der Waals surface area contributed by atoms with E-state index in [1.165, 1.54) is 5.56 Å². The first-order chi connectivity index (χ1) is 12.1. The summed E-state index contributed by atoms with van der Waals surface area (Å²) in [6.45, 7) is 6.41. The molecule has 1 heterocycles. The zero-order valence-electron chi connectivity index (χ0n) is 16.1. The van der Waals surface area contributed by atoms with Crippen LogP contribution in [0.2, 0.25) is 0 Å². The minimum Gasteiger partial charge on any atom is -0.379 e. The molecule has 7 heteroatoms. The molecule has 1 saturated heterocycles. The van der Waals surface area contributed by atoms with Crippen molar-refractivity contribution in [3.8, 4) is 0 Å². The summed E-state index contributed by atoms with van der Waals surface area (Å²) < 4.78 is 5.36. The molecule has 1 fully saturated rings. The quantitative estimate of drug-likeness (QED) is 0.245. The van der Waals surface area contributed by atoms with E-state index in [0.29, 0.717) is 18.5 Å². The monoisotopic (exact) mass is 475 g/mol. The Morgan fingerprint density at radius 3 is 2.62 bits per heavy atom. The van der Waals surface area contributed by atoms with E-state index in [0.717, 1.165) is 52.2 Å². The highest BCUT2D eigenvalue weighted by atomic mass is 127. The molecule has 26 heavy (non-hydrogen) atoms. The van der Waals surface area contributed by atoms with E-state index in [1.54, 1.807) is 0 Å². The van der Waals surface area contributed by atoms with Crippen molar-refractivity contribution >= 4 is 29.9 Å². The minimum atomic E-state index is 0. The smallest absolute Gasteiger partial charge is 0.188 e. The van der Waals surface area contributed by atoms with Crippen LogP contribution in [0.5, 0.6) is 0 Å². The predicted molar refractivity (Wildman–Crippen MR) is 119 cm³/mol. The van der Waals surface area contributed by atoms with Gasteiger partial charge in [-0.3, -0.25) is 9.89 Å². The number of aliphatic imine (C=N–C) groups is 1. The van der Waals surface area contributed by atoms with E-state index in [9.17, 15) is 0 Å². The zero-order valence-corrected chi connectivity index (χ0v) is 18.4. The van der Waals surface area contributed by atoms with Crippen LogP contribution in [-0.4, -0.2) is 81.8 Å². The van der Waals surface area contributed by atoms with Gasteiger partial charge in [-0.2, -0.15) is 0 Å². The molecule has 0 amide bonds. The fourth-order valence-electron chi connectivity index (χ4n) is 2.90. The minimum absolute atomic E-state index is 0. The second-order valence-electron chi connectivity index (χ2n) is 6.77. The molecular formula is C19H34IN5O. The summed E-state index contributed by atoms with van der Waals surface area (Å²) in [5.74, 6) is 0.543. The maximum absolute atomic E-state index is 6.02. The van der Waals surface area contributed by atoms with Gasteiger partial charge in [-0.25, -0.2) is 0 Å². The molecule has 1 unspecified atom stereocenters. The van der Waals surface area contributed by atoms with Crippen molar-refractivity contribution in [1.29, 1.82) is 0 Å². The number of guanidine groups is 1. The highest BCUT2D eigenvalue weighted by Crippen LogP contribution is 2.07. The predicted octanol–water partition coefficient (Wildman–Crippen LogP) is 1.40. The molecule has 1 aromatic carbocycles. The summed E-state index contributed by atoms with van der Waals surface area (Å²) in [6, 6.07) is 10.9. The van der Waals surface area contributed by atoms with Crippen LogP contribution in [0.4, 0.5) is 0 Å². The second kappa shape index (κ2) is 13.3. The number of benzene rings is 1. The van der Waals surface area contributed by atoms with Crippen molar-refractivity contribution in [2.45, 2.75) is 18.9 Å². The molecule has 1 aromatic rings. The first-order valence-corrected chi connectivity index (χ1v) is 9.19. The Kier molecular flexibility index (Phi) is 11.8. The topological polar surface area (TPSA) is 66.1 Å². The molecule has 2 rings (SSSR count). The van der Waals surface area contributed by atoms with Gasteiger partial charge >= 0.3 is 0 Å². The average molecular weight is 475 g/mol. The summed E-state index contributed by atoms with van der Waals surface area (Å²) in [7, 11) is 4.18. The van der Waals surface area contributed by atoms with Crippen LogP contribution in [0.1, 0.15) is 12.0 Å². The maximum atomic E-state index is 6.02. The number of nitrogens with zero attached hydrogens (tertiary/aromatic N) is 3. The highest BCUT2D eigenvalue weighted by molar-refractivity contribution is 14.0. The van der Waals surface area contributed by atoms with E-state index in [4.69, 9.17) is 10.5 Å². The Morgan fingerprint density at radius 1 is 1.27 bits per heavy atom. The third kappa shape index (κ3) is 9.16. The van der Waals surface area contributed by atoms with Crippen LogP contribution in [0, 0.1) is 0 Å². The molecule has 1 atom stereocenters. The summed E-state index contributed by atoms with van der Waals surface area (Å²) >= 11 is 0. The van der Waals surface area contributed by atoms with Gasteiger partial charge in [-0.05, 0) is 39.0 Å². The Morgan fingerprint density at radius 2 is 1.96 bits per heavy atom. The van der Waals surface area contributed by atoms with Gasteiger partial charge in [0.05, 0.1) is 19.8 Å². The maximum Gasteiger partial charge on any atom is 0.188 e. The van der Waals surface area contributed by atoms with Crippen LogP contribution < -0.4 is 11.1 Å². The van der Waals surface area contributed by atoms with Gasteiger partial charge in [0.25, 0.3) is 0 Å². The molecule has 0 saturated carbocycles. The highest BCUT2D eigenvalue weighted by Gasteiger charge is 2.12. The SMILES string of the molecule is CN(C)C(CN=C(N)NCCCN1CCOCC1)Cc1ccccc1.I. The molecule has 0 aliphatic carbocycles. The molecule has 0 aromatic heterocycles. The van der Waals surface area contributed by atoms with Gasteiger partial charge < -0.3 is 20.7 Å². The van der Waals surface area contributed by atoms with Crippen LogP contribution in [0.25, 0.3) is 0 Å². The average Bonchev–Trinajstić information content (AvgIpc) is 2.63. The van der Waals surface area contributed by atoms with Gasteiger partial charge in [0.1, 0.15) is 0 Å². The number of likely N-dealkylation sites (N-methyl/N-ethyl adjacent to an activating group) is 1. The number of nitrogens with one attached hydrogen (secondary N) is 1. The van der Waals surface area contributed by atoms with E-state index >= 15 is 0 Å². The standard InChI is InChI=1S/C19H33N5O.HI/c1-23(2)18(15-17-7-4-3-5-8-17)16-22-19(20)21-9-6-10-24-11-13-25-14-12-24;/h3-5,7-8,18H,6,9-16H2,1-2H3,(H3,20,21,22);1H. The van der Waals surface area contributed by atoms with Crippen molar-refractivity contribution < 1.29 is 4.74 Å². The lowest BCUT2D eigenvalue weighted by Gasteiger charge is -2.26. The van der Waals surface area contributed by atoms with E-state index in [2.05, 4.69) is 58.5 Å². The van der Waals surface area contributed by atoms with Crippen LogP contribution in [-0.2, 0) is 11.2 Å². The molecule has 6 nitrogen and oxygen atoms in total. The van der Waals surface area contributed by atoms with Crippen molar-refractivity contribution in [1.82, 2.24) is 15.1 Å². The lowest BCUT2D eigenvalue weighted by atomic mass is 10.1. The molecular weight excluding hydrogens is 441 g/mol. The van der Waals surface area contributed by atoms with E-state index in [-0.39, 0.29) is 24.0 Å². The third-order valence-electron chi connectivity index (χ3n) is 4.58. The van der Waals surface area contributed by atoms with Crippen LogP contribution in [0.3, 0.4) is 0 Å². The molecule has 3 N–H and O–H groups in total. The number of halogens is 1. The Hall–Kier alpha value is -0.900. The normalized spacial score (nSPS) is 17.0. The lowest BCUT2D eigenvalue weighted by molar-refractivity contribution is 0.0376. The van der Waals surface area contributed by atoms with Crippen molar-refractivity contribution in [2.24, 2.45) is 10.7 Å². The Labute approximate surface area is 175 Å². The first-order valence-electron chi connectivity index (χ1n) is 9.19. The van der Waals surface area contributed by atoms with Crippen molar-refractivity contribution in [3.05, 3.63) is 35.9 Å². The third-order valence-corrected chi connectivity index (χ3v) is 4.58. The number of hydrogen-bond acceptors (Lipinski definition) is 4. The van der Waals surface area contributed by atoms with Gasteiger partial charge in [-0.15, -0.1) is 24.0 Å². The van der Waals surface area contributed by atoms with Gasteiger partial charge in [0, 0.05) is 25.7 Å². The van der Waals surface area contributed by atoms with Crippen molar-refractivity contribution in [2.75, 3.05) is 60.0 Å². The van der Waals surface area contributed by atoms with Crippen LogP contribution in [0.15, 0.2) is 35.3 Å². The van der Waals surface area contributed by atoms with Gasteiger partial charge in [-0.1, -0.05) is 30.3 Å². The van der Waals surface area contributed by atoms with E-state index < -0.39 is 0 Å². The van der Waals surface area contributed by atoms with Crippen LogP contribution >= 0.6 is 24.0 Å². The second-order valence-corrected chi connectivity index (χ2v) is 6.77. The number of morpholine rings is 1. The fourth-order valence-corrected chi connectivity index (χ4v) is 2.90.